The first-order valence-corrected chi connectivity index (χ1v) is 11.6. The first-order chi connectivity index (χ1) is 16.4. The van der Waals surface area contributed by atoms with Gasteiger partial charge in [-0.25, -0.2) is 9.38 Å². The fourth-order valence-electron chi connectivity index (χ4n) is 3.48. The van der Waals surface area contributed by atoms with E-state index >= 15 is 0 Å². The fourth-order valence-corrected chi connectivity index (χ4v) is 4.58. The largest absolute Gasteiger partial charge is 0.497 e. The van der Waals surface area contributed by atoms with Crippen LogP contribution in [0.4, 0.5) is 15.8 Å². The third-order valence-corrected chi connectivity index (χ3v) is 6.46. The number of amides is 2. The summed E-state index contributed by atoms with van der Waals surface area (Å²) in [5, 5.41) is 2.65. The highest BCUT2D eigenvalue weighted by atomic mass is 32.2. The van der Waals surface area contributed by atoms with Crippen LogP contribution in [-0.2, 0) is 16.1 Å². The lowest BCUT2D eigenvalue weighted by molar-refractivity contribution is -0.129. The van der Waals surface area contributed by atoms with Crippen molar-refractivity contribution in [2.75, 3.05) is 12.4 Å². The highest BCUT2D eigenvalue weighted by molar-refractivity contribution is 8.15. The Morgan fingerprint density at radius 3 is 2.56 bits per heavy atom. The van der Waals surface area contributed by atoms with Crippen molar-refractivity contribution < 1.29 is 18.7 Å². The molecule has 1 N–H and O–H groups in total. The average molecular weight is 478 g/mol. The highest BCUT2D eigenvalue weighted by Gasteiger charge is 2.36. The Kier molecular flexibility index (Phi) is 7.27. The first kappa shape index (κ1) is 23.5. The van der Waals surface area contributed by atoms with Gasteiger partial charge in [0.1, 0.15) is 16.8 Å². The Bertz CT molecular complexity index is 1210. The van der Waals surface area contributed by atoms with Gasteiger partial charge in [-0.2, -0.15) is 0 Å². The zero-order valence-electron chi connectivity index (χ0n) is 18.8. The zero-order valence-corrected chi connectivity index (χ0v) is 19.6. The number of methoxy groups -OCH3 is 1. The van der Waals surface area contributed by atoms with Crippen LogP contribution in [0, 0.1) is 12.7 Å². The van der Waals surface area contributed by atoms with Crippen LogP contribution in [-0.4, -0.2) is 34.2 Å². The Labute approximate surface area is 201 Å². The molecule has 0 unspecified atom stereocenters. The van der Waals surface area contributed by atoms with E-state index < -0.39 is 5.25 Å². The number of carbonyl (C=O) groups is 2. The van der Waals surface area contributed by atoms with Crippen LogP contribution in [0.3, 0.4) is 0 Å². The average Bonchev–Trinajstić information content (AvgIpc) is 2.83. The van der Waals surface area contributed by atoms with Crippen molar-refractivity contribution in [3.8, 4) is 5.75 Å². The van der Waals surface area contributed by atoms with Crippen LogP contribution in [0.1, 0.15) is 17.5 Å². The van der Waals surface area contributed by atoms with Gasteiger partial charge in [0.15, 0.2) is 5.17 Å². The molecule has 4 rings (SSSR count). The van der Waals surface area contributed by atoms with Gasteiger partial charge in [0.25, 0.3) is 0 Å². The van der Waals surface area contributed by atoms with Crippen LogP contribution < -0.4 is 10.1 Å². The van der Waals surface area contributed by atoms with Gasteiger partial charge < -0.3 is 10.1 Å². The predicted octanol–water partition coefficient (Wildman–Crippen LogP) is 5.30. The van der Waals surface area contributed by atoms with Crippen molar-refractivity contribution in [1.82, 2.24) is 4.90 Å². The smallest absolute Gasteiger partial charge is 0.238 e. The lowest BCUT2D eigenvalue weighted by Gasteiger charge is -2.32. The molecule has 0 spiro atoms. The molecule has 1 fully saturated rings. The number of thioether (sulfide) groups is 1. The van der Waals surface area contributed by atoms with E-state index in [1.54, 1.807) is 12.0 Å². The number of amidine groups is 1. The van der Waals surface area contributed by atoms with Gasteiger partial charge in [0.2, 0.25) is 11.8 Å². The summed E-state index contributed by atoms with van der Waals surface area (Å²) in [6.07, 6.45) is 0.0426. The topological polar surface area (TPSA) is 71.0 Å². The maximum Gasteiger partial charge on any atom is 0.238 e. The van der Waals surface area contributed by atoms with Crippen molar-refractivity contribution in [3.63, 3.8) is 0 Å². The monoisotopic (exact) mass is 477 g/mol. The SMILES string of the molecule is COc1ccc(CN2C(=O)C[C@@H](C(=O)Nc3cccc(C)c3)SC2=Nc2ccc(F)cc2)cc1. The number of nitrogens with zero attached hydrogens (tertiary/aromatic N) is 2. The number of anilines is 1. The Hall–Kier alpha value is -3.65. The molecule has 0 aliphatic carbocycles. The summed E-state index contributed by atoms with van der Waals surface area (Å²) in [4.78, 5) is 32.3. The molecule has 1 atom stereocenters. The van der Waals surface area contributed by atoms with Crippen LogP contribution in [0.5, 0.6) is 5.75 Å². The van der Waals surface area contributed by atoms with Crippen molar-refractivity contribution in [3.05, 3.63) is 89.7 Å². The number of rotatable bonds is 6. The molecule has 1 saturated heterocycles. The molecular formula is C26H24FN3O3S. The van der Waals surface area contributed by atoms with E-state index in [0.717, 1.165) is 16.9 Å². The maximum atomic E-state index is 13.4. The fraction of sp³-hybridized carbons (Fsp3) is 0.192. The quantitative estimate of drug-likeness (QED) is 0.523. The lowest BCUT2D eigenvalue weighted by Crippen LogP contribution is -2.44. The van der Waals surface area contributed by atoms with E-state index in [9.17, 15) is 14.0 Å². The Balaban J connectivity index is 1.59. The summed E-state index contributed by atoms with van der Waals surface area (Å²) in [5.74, 6) is -0.127. The predicted molar refractivity (Wildman–Crippen MR) is 133 cm³/mol. The molecule has 6 nitrogen and oxygen atoms in total. The minimum atomic E-state index is -0.640. The highest BCUT2D eigenvalue weighted by Crippen LogP contribution is 2.31. The molecular weight excluding hydrogens is 453 g/mol. The van der Waals surface area contributed by atoms with Crippen molar-refractivity contribution >= 4 is 40.1 Å². The number of hydrogen-bond acceptors (Lipinski definition) is 5. The number of aliphatic imine (C=N–C) groups is 1. The second-order valence-electron chi connectivity index (χ2n) is 7.87. The number of nitrogens with one attached hydrogen (secondary N) is 1. The summed E-state index contributed by atoms with van der Waals surface area (Å²) in [6, 6.07) is 20.6. The molecule has 1 aliphatic rings. The summed E-state index contributed by atoms with van der Waals surface area (Å²) < 4.78 is 18.6. The van der Waals surface area contributed by atoms with Crippen LogP contribution in [0.2, 0.25) is 0 Å². The second-order valence-corrected chi connectivity index (χ2v) is 9.04. The van der Waals surface area contributed by atoms with Crippen LogP contribution in [0.25, 0.3) is 0 Å². The molecule has 0 aromatic heterocycles. The van der Waals surface area contributed by atoms with Gasteiger partial charge in [-0.05, 0) is 66.6 Å². The number of carbonyl (C=O) groups excluding carboxylic acids is 2. The molecule has 2 amide bonds. The molecule has 3 aromatic rings. The molecule has 34 heavy (non-hydrogen) atoms. The van der Waals surface area contributed by atoms with E-state index in [1.165, 1.54) is 36.0 Å². The van der Waals surface area contributed by atoms with Gasteiger partial charge in [0.05, 0.1) is 19.3 Å². The molecule has 174 valence electrons. The number of aryl methyl sites for hydroxylation is 1. The summed E-state index contributed by atoms with van der Waals surface area (Å²) in [7, 11) is 1.59. The number of benzene rings is 3. The maximum absolute atomic E-state index is 13.4. The summed E-state index contributed by atoms with van der Waals surface area (Å²) in [5.41, 5.74) is 3.09. The van der Waals surface area contributed by atoms with Crippen molar-refractivity contribution in [1.29, 1.82) is 0 Å². The normalized spacial score (nSPS) is 17.0. The molecule has 3 aromatic carbocycles. The van der Waals surface area contributed by atoms with E-state index in [2.05, 4.69) is 10.3 Å². The lowest BCUT2D eigenvalue weighted by atomic mass is 10.1. The Morgan fingerprint density at radius 1 is 1.15 bits per heavy atom. The zero-order chi connectivity index (χ0) is 24.1. The standard InChI is InChI=1S/C26H24FN3O3S/c1-17-4-3-5-21(14-17)28-25(32)23-15-24(31)30(16-18-6-12-22(33-2)13-7-18)26(34-23)29-20-10-8-19(27)9-11-20/h3-14,23H,15-16H2,1-2H3,(H,28,32)/t23-/m0/s1. The molecule has 0 bridgehead atoms. The third kappa shape index (κ3) is 5.82. The van der Waals surface area contributed by atoms with Crippen molar-refractivity contribution in [2.45, 2.75) is 25.1 Å². The van der Waals surface area contributed by atoms with Gasteiger partial charge in [-0.1, -0.05) is 36.0 Å². The van der Waals surface area contributed by atoms with Gasteiger partial charge in [0, 0.05) is 12.1 Å². The number of halogens is 1. The number of hydrogen-bond donors (Lipinski definition) is 1. The molecule has 1 heterocycles. The third-order valence-electron chi connectivity index (χ3n) is 5.27. The van der Waals surface area contributed by atoms with E-state index in [4.69, 9.17) is 4.74 Å². The van der Waals surface area contributed by atoms with Crippen LogP contribution >= 0.6 is 11.8 Å². The molecule has 0 saturated carbocycles. The summed E-state index contributed by atoms with van der Waals surface area (Å²) >= 11 is 1.23. The minimum absolute atomic E-state index is 0.0426. The number of ether oxygens (including phenoxy) is 1. The minimum Gasteiger partial charge on any atom is -0.497 e. The van der Waals surface area contributed by atoms with Gasteiger partial charge in [-0.3, -0.25) is 14.5 Å². The molecule has 1 aliphatic heterocycles. The van der Waals surface area contributed by atoms with Crippen molar-refractivity contribution in [2.24, 2.45) is 4.99 Å². The van der Waals surface area contributed by atoms with Gasteiger partial charge in [-0.15, -0.1) is 0 Å². The second kappa shape index (κ2) is 10.5. The van der Waals surface area contributed by atoms with E-state index in [1.807, 2.05) is 55.5 Å². The first-order valence-electron chi connectivity index (χ1n) is 10.7. The Morgan fingerprint density at radius 2 is 1.88 bits per heavy atom. The molecule has 0 radical (unpaired) electrons. The van der Waals surface area contributed by atoms with E-state index in [-0.39, 0.29) is 24.1 Å². The molecule has 8 heteroatoms. The summed E-state index contributed by atoms with van der Waals surface area (Å²) in [6.45, 7) is 2.24. The van der Waals surface area contributed by atoms with E-state index in [0.29, 0.717) is 23.1 Å². The van der Waals surface area contributed by atoms with Crippen LogP contribution in [0.15, 0.2) is 77.8 Å². The van der Waals surface area contributed by atoms with Gasteiger partial charge >= 0.3 is 0 Å².